The second-order valence-corrected chi connectivity index (χ2v) is 10.7. The number of fused-ring (bicyclic) bond motifs is 3. The van der Waals surface area contributed by atoms with Gasteiger partial charge in [0, 0.05) is 0 Å². The van der Waals surface area contributed by atoms with Gasteiger partial charge in [0.2, 0.25) is 0 Å². The van der Waals surface area contributed by atoms with E-state index in [1.165, 1.54) is 71.3 Å². The molecule has 0 aromatic heterocycles. The van der Waals surface area contributed by atoms with Crippen molar-refractivity contribution in [3.8, 4) is 33.4 Å². The van der Waals surface area contributed by atoms with Gasteiger partial charge in [-0.2, -0.15) is 0 Å². The third-order valence-electron chi connectivity index (χ3n) is 8.20. The molecule has 0 aliphatic carbocycles. The van der Waals surface area contributed by atoms with Gasteiger partial charge in [-0.1, -0.05) is 176 Å². The van der Waals surface area contributed by atoms with Crippen LogP contribution in [0.15, 0.2) is 170 Å². The van der Waals surface area contributed by atoms with Gasteiger partial charge in [0.05, 0.1) is 0 Å². The van der Waals surface area contributed by atoms with Gasteiger partial charge >= 0.3 is 0 Å². The van der Waals surface area contributed by atoms with Crippen LogP contribution < -0.4 is 0 Å². The van der Waals surface area contributed by atoms with E-state index in [2.05, 4.69) is 176 Å². The Morgan fingerprint density at radius 3 is 1.19 bits per heavy atom. The first kappa shape index (κ1) is 26.4. The monoisotopic (exact) mass is 548 g/mol. The fraction of sp³-hybridized carbons (Fsp3) is 0.0233. The standard InChI is InChI=1S/C43H32/c1-2-3-4-5-15-27-36-34-26-16-17-28-35(34)40(32-22-11-7-12-23-32)43-41(33-24-13-8-14-25-33)38-30-19-18-29-37(38)39(42(36)43)31-20-9-6-10-21-31/h2-30H,1H3/b3-2-,5-4-,27-15+. The molecule has 7 aromatic carbocycles. The Hall–Kier alpha value is -5.46. The van der Waals surface area contributed by atoms with Crippen LogP contribution >= 0.6 is 0 Å². The lowest BCUT2D eigenvalue weighted by molar-refractivity contribution is 1.64. The predicted molar refractivity (Wildman–Crippen MR) is 188 cm³/mol. The molecule has 0 unspecified atom stereocenters. The molecule has 0 aliphatic rings. The highest BCUT2D eigenvalue weighted by molar-refractivity contribution is 6.31. The van der Waals surface area contributed by atoms with E-state index < -0.39 is 0 Å². The Kier molecular flexibility index (Phi) is 7.26. The lowest BCUT2D eigenvalue weighted by atomic mass is 9.79. The minimum Gasteiger partial charge on any atom is -0.0877 e. The SMILES string of the molecule is C\C=C/C=C\C=C\c1c2ccccc2c(-c2ccccc2)c2c(-c3ccccc3)c3ccccc3c(-c3ccccc3)c12. The van der Waals surface area contributed by atoms with Crippen LogP contribution in [0.4, 0.5) is 0 Å². The Morgan fingerprint density at radius 2 is 0.721 bits per heavy atom. The minimum absolute atomic E-state index is 1.22. The summed E-state index contributed by atoms with van der Waals surface area (Å²) in [6.45, 7) is 2.04. The summed E-state index contributed by atoms with van der Waals surface area (Å²) in [5, 5.41) is 7.58. The van der Waals surface area contributed by atoms with E-state index in [1.807, 2.05) is 6.92 Å². The first-order chi connectivity index (χ1) is 21.4. The van der Waals surface area contributed by atoms with Gasteiger partial charge in [-0.3, -0.25) is 0 Å². The summed E-state index contributed by atoms with van der Waals surface area (Å²) in [6.07, 6.45) is 12.8. The summed E-state index contributed by atoms with van der Waals surface area (Å²) in [5.74, 6) is 0. The summed E-state index contributed by atoms with van der Waals surface area (Å²) in [6, 6.07) is 50.5. The summed E-state index contributed by atoms with van der Waals surface area (Å²) in [7, 11) is 0. The average Bonchev–Trinajstić information content (AvgIpc) is 3.08. The average molecular weight is 549 g/mol. The van der Waals surface area contributed by atoms with E-state index in [0.717, 1.165) is 0 Å². The molecule has 0 atom stereocenters. The largest absolute Gasteiger partial charge is 0.0877 e. The lowest BCUT2D eigenvalue weighted by Gasteiger charge is -2.24. The van der Waals surface area contributed by atoms with E-state index in [1.54, 1.807) is 0 Å². The van der Waals surface area contributed by atoms with Crippen molar-refractivity contribution >= 4 is 38.4 Å². The van der Waals surface area contributed by atoms with Gasteiger partial charge in [0.1, 0.15) is 0 Å². The van der Waals surface area contributed by atoms with Crippen LogP contribution in [-0.2, 0) is 0 Å². The van der Waals surface area contributed by atoms with E-state index in [0.29, 0.717) is 0 Å². The molecule has 0 bridgehead atoms. The van der Waals surface area contributed by atoms with Crippen molar-refractivity contribution in [3.05, 3.63) is 175 Å². The number of hydrogen-bond donors (Lipinski definition) is 0. The Labute approximate surface area is 253 Å². The molecule has 7 rings (SSSR count). The topological polar surface area (TPSA) is 0 Å². The van der Waals surface area contributed by atoms with Crippen LogP contribution in [0, 0.1) is 0 Å². The zero-order chi connectivity index (χ0) is 29.0. The van der Waals surface area contributed by atoms with Crippen molar-refractivity contribution in [1.82, 2.24) is 0 Å². The molecule has 0 fully saturated rings. The molecule has 43 heavy (non-hydrogen) atoms. The first-order valence-corrected chi connectivity index (χ1v) is 14.9. The van der Waals surface area contributed by atoms with Crippen molar-refractivity contribution in [2.45, 2.75) is 6.92 Å². The van der Waals surface area contributed by atoms with E-state index in [9.17, 15) is 0 Å². The van der Waals surface area contributed by atoms with Crippen molar-refractivity contribution in [3.63, 3.8) is 0 Å². The lowest BCUT2D eigenvalue weighted by Crippen LogP contribution is -1.97. The highest BCUT2D eigenvalue weighted by Gasteiger charge is 2.24. The fourth-order valence-corrected chi connectivity index (χ4v) is 6.44. The Balaban J connectivity index is 1.82. The van der Waals surface area contributed by atoms with Crippen LogP contribution in [0.25, 0.3) is 71.8 Å². The molecule has 0 heterocycles. The summed E-state index contributed by atoms with van der Waals surface area (Å²) in [4.78, 5) is 0. The zero-order valence-electron chi connectivity index (χ0n) is 24.2. The Bertz CT molecular complexity index is 2100. The van der Waals surface area contributed by atoms with Gasteiger partial charge in [-0.05, 0) is 78.2 Å². The number of hydrogen-bond acceptors (Lipinski definition) is 0. The number of allylic oxidation sites excluding steroid dienone is 5. The Morgan fingerprint density at radius 1 is 0.349 bits per heavy atom. The fourth-order valence-electron chi connectivity index (χ4n) is 6.44. The van der Waals surface area contributed by atoms with Crippen molar-refractivity contribution in [2.75, 3.05) is 0 Å². The smallest absolute Gasteiger partial charge is 0.000161 e. The van der Waals surface area contributed by atoms with Gasteiger partial charge in [-0.15, -0.1) is 0 Å². The maximum absolute atomic E-state index is 2.30. The van der Waals surface area contributed by atoms with Gasteiger partial charge in [-0.25, -0.2) is 0 Å². The number of benzene rings is 7. The van der Waals surface area contributed by atoms with Crippen LogP contribution in [-0.4, -0.2) is 0 Å². The summed E-state index contributed by atoms with van der Waals surface area (Å²) >= 11 is 0. The van der Waals surface area contributed by atoms with Crippen molar-refractivity contribution < 1.29 is 0 Å². The molecule has 204 valence electrons. The summed E-state index contributed by atoms with van der Waals surface area (Å²) in [5.41, 5.74) is 8.71. The molecular formula is C43H32. The molecule has 0 radical (unpaired) electrons. The van der Waals surface area contributed by atoms with Crippen LogP contribution in [0.1, 0.15) is 12.5 Å². The van der Waals surface area contributed by atoms with Gasteiger partial charge < -0.3 is 0 Å². The normalized spacial score (nSPS) is 12.0. The zero-order valence-corrected chi connectivity index (χ0v) is 24.2. The van der Waals surface area contributed by atoms with E-state index >= 15 is 0 Å². The second kappa shape index (κ2) is 11.8. The van der Waals surface area contributed by atoms with Crippen LogP contribution in [0.2, 0.25) is 0 Å². The third kappa shape index (κ3) is 4.78. The van der Waals surface area contributed by atoms with Crippen molar-refractivity contribution in [1.29, 1.82) is 0 Å². The highest BCUT2D eigenvalue weighted by atomic mass is 14.3. The van der Waals surface area contributed by atoms with Crippen LogP contribution in [0.5, 0.6) is 0 Å². The van der Waals surface area contributed by atoms with Crippen molar-refractivity contribution in [2.24, 2.45) is 0 Å². The molecule has 0 nitrogen and oxygen atoms in total. The highest BCUT2D eigenvalue weighted by Crippen LogP contribution is 2.51. The first-order valence-electron chi connectivity index (χ1n) is 14.9. The maximum Gasteiger partial charge on any atom is -0.000161 e. The second-order valence-electron chi connectivity index (χ2n) is 10.7. The maximum atomic E-state index is 2.30. The molecule has 7 aromatic rings. The molecule has 0 aliphatic heterocycles. The quantitative estimate of drug-likeness (QED) is 0.143. The molecular weight excluding hydrogens is 516 g/mol. The molecule has 0 saturated carbocycles. The van der Waals surface area contributed by atoms with Gasteiger partial charge in [0.25, 0.3) is 0 Å². The van der Waals surface area contributed by atoms with Crippen LogP contribution in [0.3, 0.4) is 0 Å². The van der Waals surface area contributed by atoms with E-state index in [4.69, 9.17) is 0 Å². The number of rotatable bonds is 6. The minimum atomic E-state index is 1.22. The molecule has 0 heteroatoms. The predicted octanol–water partition coefficient (Wildman–Crippen LogP) is 12.3. The third-order valence-corrected chi connectivity index (χ3v) is 8.20. The van der Waals surface area contributed by atoms with E-state index in [-0.39, 0.29) is 0 Å². The molecule has 0 saturated heterocycles. The molecule has 0 spiro atoms. The van der Waals surface area contributed by atoms with Gasteiger partial charge in [0.15, 0.2) is 0 Å². The molecule has 0 amide bonds. The summed E-state index contributed by atoms with van der Waals surface area (Å²) < 4.78 is 0. The molecule has 0 N–H and O–H groups in total.